The molecule has 3 aliphatic rings. The van der Waals surface area contributed by atoms with E-state index >= 15 is 0 Å². The van der Waals surface area contributed by atoms with E-state index in [0.717, 1.165) is 12.8 Å². The average molecular weight is 686 g/mol. The predicted octanol–water partition coefficient (Wildman–Crippen LogP) is 14.2. The summed E-state index contributed by atoms with van der Waals surface area (Å²) in [5.74, 6) is 0. The maximum atomic E-state index is 2.54. The van der Waals surface area contributed by atoms with Crippen molar-refractivity contribution in [2.24, 2.45) is 0 Å². The van der Waals surface area contributed by atoms with E-state index in [-0.39, 0.29) is 10.8 Å². The van der Waals surface area contributed by atoms with Gasteiger partial charge in [-0.05, 0) is 127 Å². The summed E-state index contributed by atoms with van der Waals surface area (Å²) >= 11 is 1.93. The summed E-state index contributed by atoms with van der Waals surface area (Å²) in [6.45, 7) is 9.67. The highest BCUT2D eigenvalue weighted by molar-refractivity contribution is 7.25. The van der Waals surface area contributed by atoms with Crippen molar-refractivity contribution in [2.45, 2.75) is 51.4 Å². The number of nitrogens with zero attached hydrogens (tertiary/aromatic N) is 1. The van der Waals surface area contributed by atoms with Gasteiger partial charge in [-0.25, -0.2) is 0 Å². The van der Waals surface area contributed by atoms with Gasteiger partial charge >= 0.3 is 0 Å². The maximum absolute atomic E-state index is 2.54. The molecule has 0 N–H and O–H groups in total. The second-order valence-electron chi connectivity index (χ2n) is 16.0. The van der Waals surface area contributed by atoms with Crippen LogP contribution in [-0.4, -0.2) is 0 Å². The minimum absolute atomic E-state index is 0.0787. The second kappa shape index (κ2) is 10.6. The lowest BCUT2D eigenvalue weighted by Crippen LogP contribution is -2.22. The Kier molecular flexibility index (Phi) is 6.13. The Morgan fingerprint density at radius 1 is 0.519 bits per heavy atom. The molecular formula is C50H39NS. The quantitative estimate of drug-likeness (QED) is 0.179. The summed E-state index contributed by atoms with van der Waals surface area (Å²) in [7, 11) is 0. The fourth-order valence-corrected chi connectivity index (χ4v) is 11.2. The Bertz CT molecular complexity index is 2900. The molecule has 2 heteroatoms. The zero-order valence-corrected chi connectivity index (χ0v) is 30.9. The van der Waals surface area contributed by atoms with E-state index in [9.17, 15) is 0 Å². The van der Waals surface area contributed by atoms with E-state index < -0.39 is 0 Å². The first-order valence-corrected chi connectivity index (χ1v) is 19.5. The Morgan fingerprint density at radius 2 is 1.29 bits per heavy atom. The SMILES string of the molecule is CC1(C)C2=C(CCC(N(c3ccccc3)c3ccc4c5c(ccc4c3)-c3c(ccc4ccccc34)C5(C)C)=C2)c2cc3sc4ccccc4c3cc21. The van der Waals surface area contributed by atoms with Gasteiger partial charge in [0.05, 0.1) is 0 Å². The van der Waals surface area contributed by atoms with Crippen LogP contribution >= 0.6 is 11.3 Å². The summed E-state index contributed by atoms with van der Waals surface area (Å²) in [5, 5.41) is 8.06. The van der Waals surface area contributed by atoms with Crippen molar-refractivity contribution >= 4 is 70.0 Å². The summed E-state index contributed by atoms with van der Waals surface area (Å²) < 4.78 is 2.77. The van der Waals surface area contributed by atoms with Crippen LogP contribution in [0.15, 0.2) is 151 Å². The zero-order valence-electron chi connectivity index (χ0n) is 30.0. The highest BCUT2D eigenvalue weighted by Gasteiger charge is 2.40. The van der Waals surface area contributed by atoms with Crippen LogP contribution in [0.4, 0.5) is 11.4 Å². The van der Waals surface area contributed by atoms with Crippen LogP contribution < -0.4 is 4.90 Å². The zero-order chi connectivity index (χ0) is 34.9. The fraction of sp³-hybridized carbons (Fsp3) is 0.160. The smallest absolute Gasteiger partial charge is 0.0464 e. The maximum Gasteiger partial charge on any atom is 0.0464 e. The lowest BCUT2D eigenvalue weighted by atomic mass is 9.79. The van der Waals surface area contributed by atoms with Crippen molar-refractivity contribution in [1.82, 2.24) is 0 Å². The molecule has 1 nitrogen and oxygen atoms in total. The van der Waals surface area contributed by atoms with Crippen LogP contribution in [0.1, 0.15) is 62.8 Å². The van der Waals surface area contributed by atoms with Crippen LogP contribution in [0.2, 0.25) is 0 Å². The van der Waals surface area contributed by atoms with E-state index in [4.69, 9.17) is 0 Å². The molecule has 8 aromatic rings. The Hall–Kier alpha value is -5.44. The molecule has 0 saturated carbocycles. The number of allylic oxidation sites excluding steroid dienone is 4. The first-order chi connectivity index (χ1) is 25.3. The molecule has 0 radical (unpaired) electrons. The van der Waals surface area contributed by atoms with Crippen LogP contribution in [0.25, 0.3) is 58.4 Å². The fourth-order valence-electron chi connectivity index (χ4n) is 10.0. The van der Waals surface area contributed by atoms with Crippen molar-refractivity contribution < 1.29 is 0 Å². The minimum Gasteiger partial charge on any atom is -0.314 e. The average Bonchev–Trinajstić information content (AvgIpc) is 3.73. The second-order valence-corrected chi connectivity index (χ2v) is 17.1. The van der Waals surface area contributed by atoms with E-state index in [1.807, 2.05) is 11.3 Å². The topological polar surface area (TPSA) is 3.24 Å². The number of thiophene rings is 1. The molecule has 1 heterocycles. The number of rotatable bonds is 3. The molecule has 3 aliphatic carbocycles. The third-order valence-corrected chi connectivity index (χ3v) is 13.6. The molecule has 0 fully saturated rings. The summed E-state index contributed by atoms with van der Waals surface area (Å²) in [6, 6.07) is 50.3. The van der Waals surface area contributed by atoms with Crippen LogP contribution in [0.5, 0.6) is 0 Å². The summed E-state index contributed by atoms with van der Waals surface area (Å²) in [6.07, 6.45) is 4.57. The number of hydrogen-bond donors (Lipinski definition) is 0. The van der Waals surface area contributed by atoms with E-state index in [0.29, 0.717) is 0 Å². The number of para-hydroxylation sites is 1. The van der Waals surface area contributed by atoms with Gasteiger partial charge in [0.1, 0.15) is 0 Å². The molecular weight excluding hydrogens is 647 g/mol. The molecule has 0 saturated heterocycles. The molecule has 0 atom stereocenters. The van der Waals surface area contributed by atoms with E-state index in [1.54, 1.807) is 0 Å². The number of hydrogen-bond acceptors (Lipinski definition) is 2. The molecule has 250 valence electrons. The van der Waals surface area contributed by atoms with Crippen molar-refractivity contribution in [3.63, 3.8) is 0 Å². The summed E-state index contributed by atoms with van der Waals surface area (Å²) in [5.41, 5.74) is 15.2. The van der Waals surface area contributed by atoms with Gasteiger partial charge in [0.15, 0.2) is 0 Å². The lowest BCUT2D eigenvalue weighted by molar-refractivity contribution is 0.649. The highest BCUT2D eigenvalue weighted by atomic mass is 32.1. The molecule has 7 aromatic carbocycles. The van der Waals surface area contributed by atoms with Gasteiger partial charge < -0.3 is 4.90 Å². The van der Waals surface area contributed by atoms with Gasteiger partial charge in [0.25, 0.3) is 0 Å². The Balaban J connectivity index is 1.05. The van der Waals surface area contributed by atoms with Gasteiger partial charge in [0, 0.05) is 48.1 Å². The van der Waals surface area contributed by atoms with Gasteiger partial charge in [-0.1, -0.05) is 119 Å². The first kappa shape index (κ1) is 30.2. The summed E-state index contributed by atoms with van der Waals surface area (Å²) in [4.78, 5) is 2.52. The van der Waals surface area contributed by atoms with Gasteiger partial charge in [-0.2, -0.15) is 0 Å². The van der Waals surface area contributed by atoms with E-state index in [2.05, 4.69) is 172 Å². The molecule has 52 heavy (non-hydrogen) atoms. The third-order valence-electron chi connectivity index (χ3n) is 12.5. The van der Waals surface area contributed by atoms with Crippen LogP contribution in [-0.2, 0) is 10.8 Å². The number of fused-ring (bicyclic) bond motifs is 12. The van der Waals surface area contributed by atoms with Crippen molar-refractivity contribution in [2.75, 3.05) is 4.90 Å². The third kappa shape index (κ3) is 4.05. The Morgan fingerprint density at radius 3 is 2.15 bits per heavy atom. The molecule has 0 unspecified atom stereocenters. The number of benzene rings is 7. The first-order valence-electron chi connectivity index (χ1n) is 18.6. The van der Waals surface area contributed by atoms with Crippen molar-refractivity contribution in [1.29, 1.82) is 0 Å². The van der Waals surface area contributed by atoms with Gasteiger partial charge in [0.2, 0.25) is 0 Å². The van der Waals surface area contributed by atoms with Gasteiger partial charge in [-0.3, -0.25) is 0 Å². The van der Waals surface area contributed by atoms with Crippen LogP contribution in [0, 0.1) is 0 Å². The molecule has 0 bridgehead atoms. The van der Waals surface area contributed by atoms with Crippen molar-refractivity contribution in [3.8, 4) is 11.1 Å². The predicted molar refractivity (Wildman–Crippen MR) is 224 cm³/mol. The van der Waals surface area contributed by atoms with Crippen molar-refractivity contribution in [3.05, 3.63) is 173 Å². The van der Waals surface area contributed by atoms with Crippen LogP contribution in [0.3, 0.4) is 0 Å². The van der Waals surface area contributed by atoms with Gasteiger partial charge in [-0.15, -0.1) is 11.3 Å². The highest BCUT2D eigenvalue weighted by Crippen LogP contribution is 2.56. The molecule has 0 amide bonds. The monoisotopic (exact) mass is 685 g/mol. The van der Waals surface area contributed by atoms with E-state index in [1.165, 1.54) is 103 Å². The molecule has 1 aromatic heterocycles. The lowest BCUT2D eigenvalue weighted by Gasteiger charge is -2.33. The normalized spacial score (nSPS) is 16.7. The largest absolute Gasteiger partial charge is 0.314 e. The minimum atomic E-state index is -0.0898. The molecule has 0 spiro atoms. The molecule has 0 aliphatic heterocycles. The Labute approximate surface area is 309 Å². The standard InChI is InChI=1S/C50H39NS/c1-49(2)43-27-34(21-24-37(43)40-29-46-41(28-44(40)49)38-16-10-11-17-45(38)52-46)51(32-13-6-5-7-14-32)33-20-23-36-31(26-33)18-22-39-47-35-15-9-8-12-30(35)19-25-42(47)50(3,4)48(36)39/h5-20,22-23,25-29H,21,24H2,1-4H3. The molecule has 11 rings (SSSR count). The number of anilines is 2.